The van der Waals surface area contributed by atoms with Gasteiger partial charge in [0.1, 0.15) is 17.3 Å². The van der Waals surface area contributed by atoms with Crippen molar-refractivity contribution < 1.29 is 17.2 Å². The predicted molar refractivity (Wildman–Crippen MR) is 68.9 cm³/mol. The molecular formula is C12H13F2N3O2S. The molecule has 0 aliphatic carbocycles. The van der Waals surface area contributed by atoms with Crippen molar-refractivity contribution in [1.82, 2.24) is 14.5 Å². The molecule has 20 heavy (non-hydrogen) atoms. The van der Waals surface area contributed by atoms with Crippen LogP contribution >= 0.6 is 0 Å². The molecule has 0 unspecified atom stereocenters. The second-order valence-electron chi connectivity index (χ2n) is 4.45. The quantitative estimate of drug-likeness (QED) is 0.937. The number of aromatic nitrogens is 2. The summed E-state index contributed by atoms with van der Waals surface area (Å²) in [7, 11) is -3.86. The maximum atomic E-state index is 13.7. The van der Waals surface area contributed by atoms with Gasteiger partial charge in [-0.3, -0.25) is 0 Å². The molecule has 1 N–H and O–H groups in total. The Hall–Kier alpha value is -1.80. The van der Waals surface area contributed by atoms with Crippen molar-refractivity contribution in [2.75, 3.05) is 0 Å². The van der Waals surface area contributed by atoms with Crippen LogP contribution in [0.25, 0.3) is 5.69 Å². The minimum Gasteiger partial charge on any atom is -0.218 e. The zero-order valence-electron chi connectivity index (χ0n) is 10.8. The second-order valence-corrected chi connectivity index (χ2v) is 6.11. The normalized spacial score (nSPS) is 12.1. The number of rotatable bonds is 4. The molecule has 0 saturated heterocycles. The summed E-state index contributed by atoms with van der Waals surface area (Å²) < 4.78 is 54.3. The van der Waals surface area contributed by atoms with E-state index in [1.54, 1.807) is 13.8 Å². The molecule has 1 aromatic carbocycles. The third-order valence-corrected chi connectivity index (χ3v) is 4.05. The molecule has 0 aliphatic heterocycles. The number of hydrogen-bond acceptors (Lipinski definition) is 3. The summed E-state index contributed by atoms with van der Waals surface area (Å²) in [5, 5.41) is 3.50. The van der Waals surface area contributed by atoms with E-state index in [1.807, 2.05) is 0 Å². The Kier molecular flexibility index (Phi) is 3.87. The number of hydrogen-bond donors (Lipinski definition) is 1. The van der Waals surface area contributed by atoms with Crippen LogP contribution in [-0.2, 0) is 10.0 Å². The lowest BCUT2D eigenvalue weighted by Gasteiger charge is -2.12. The first-order valence-electron chi connectivity index (χ1n) is 5.83. The summed E-state index contributed by atoms with van der Waals surface area (Å²) in [4.78, 5) is 0. The van der Waals surface area contributed by atoms with Gasteiger partial charge in [-0.15, -0.1) is 0 Å². The van der Waals surface area contributed by atoms with Gasteiger partial charge in [-0.05, 0) is 32.0 Å². The lowest BCUT2D eigenvalue weighted by molar-refractivity contribution is 0.552. The van der Waals surface area contributed by atoms with Crippen LogP contribution < -0.4 is 4.72 Å². The van der Waals surface area contributed by atoms with E-state index in [0.29, 0.717) is 0 Å². The van der Waals surface area contributed by atoms with E-state index in [2.05, 4.69) is 9.82 Å². The first kappa shape index (κ1) is 14.6. The second kappa shape index (κ2) is 5.29. The van der Waals surface area contributed by atoms with Gasteiger partial charge in [0.05, 0.1) is 6.20 Å². The standard InChI is InChI=1S/C12H13F2N3O2S/c1-8(2)16-20(18,19)12-5-6-15-17(12)11-7-9(13)3-4-10(11)14/h3-8,16H,1-2H3. The molecule has 0 aliphatic rings. The number of nitrogens with one attached hydrogen (secondary N) is 1. The first-order chi connectivity index (χ1) is 9.31. The molecule has 2 rings (SSSR count). The number of sulfonamides is 1. The highest BCUT2D eigenvalue weighted by Gasteiger charge is 2.22. The van der Waals surface area contributed by atoms with Crippen LogP contribution in [0.4, 0.5) is 8.78 Å². The summed E-state index contributed by atoms with van der Waals surface area (Å²) in [6, 6.07) is 3.63. The van der Waals surface area contributed by atoms with Crippen LogP contribution in [-0.4, -0.2) is 24.2 Å². The zero-order chi connectivity index (χ0) is 14.9. The molecule has 1 heterocycles. The molecule has 2 aromatic rings. The molecule has 108 valence electrons. The van der Waals surface area contributed by atoms with Crippen LogP contribution in [0.3, 0.4) is 0 Å². The maximum Gasteiger partial charge on any atom is 0.258 e. The zero-order valence-corrected chi connectivity index (χ0v) is 11.7. The van der Waals surface area contributed by atoms with Crippen molar-refractivity contribution >= 4 is 10.0 Å². The Morgan fingerprint density at radius 3 is 2.60 bits per heavy atom. The van der Waals surface area contributed by atoms with Crippen LogP contribution in [0.2, 0.25) is 0 Å². The molecule has 5 nitrogen and oxygen atoms in total. The Morgan fingerprint density at radius 2 is 1.95 bits per heavy atom. The first-order valence-corrected chi connectivity index (χ1v) is 7.31. The van der Waals surface area contributed by atoms with Gasteiger partial charge in [0, 0.05) is 12.1 Å². The molecule has 0 saturated carbocycles. The molecule has 0 atom stereocenters. The van der Waals surface area contributed by atoms with Crippen LogP contribution in [0.15, 0.2) is 35.5 Å². The lowest BCUT2D eigenvalue weighted by Crippen LogP contribution is -2.31. The molecule has 0 radical (unpaired) electrons. The minimum atomic E-state index is -3.86. The smallest absolute Gasteiger partial charge is 0.218 e. The number of nitrogens with zero attached hydrogens (tertiary/aromatic N) is 2. The van der Waals surface area contributed by atoms with E-state index in [-0.39, 0.29) is 16.8 Å². The van der Waals surface area contributed by atoms with Gasteiger partial charge in [-0.25, -0.2) is 26.6 Å². The highest BCUT2D eigenvalue weighted by Crippen LogP contribution is 2.19. The Balaban J connectivity index is 2.56. The monoisotopic (exact) mass is 301 g/mol. The van der Waals surface area contributed by atoms with Crippen LogP contribution in [0.5, 0.6) is 0 Å². The van der Waals surface area contributed by atoms with Gasteiger partial charge in [0.15, 0.2) is 5.03 Å². The minimum absolute atomic E-state index is 0.254. The van der Waals surface area contributed by atoms with Crippen LogP contribution in [0.1, 0.15) is 13.8 Å². The van der Waals surface area contributed by atoms with E-state index in [4.69, 9.17) is 0 Å². The fourth-order valence-corrected chi connectivity index (χ4v) is 3.05. The van der Waals surface area contributed by atoms with Gasteiger partial charge >= 0.3 is 0 Å². The molecule has 0 amide bonds. The summed E-state index contributed by atoms with van der Waals surface area (Å²) >= 11 is 0. The van der Waals surface area contributed by atoms with E-state index in [9.17, 15) is 17.2 Å². The molecule has 0 spiro atoms. The largest absolute Gasteiger partial charge is 0.258 e. The van der Waals surface area contributed by atoms with Crippen molar-refractivity contribution in [1.29, 1.82) is 0 Å². The van der Waals surface area contributed by atoms with Gasteiger partial charge in [0.2, 0.25) is 0 Å². The summed E-state index contributed by atoms with van der Waals surface area (Å²) in [6.45, 7) is 3.31. The topological polar surface area (TPSA) is 64.0 Å². The summed E-state index contributed by atoms with van der Waals surface area (Å²) in [5.74, 6) is -1.45. The molecule has 0 bridgehead atoms. The Bertz CT molecular complexity index is 726. The van der Waals surface area contributed by atoms with E-state index in [0.717, 1.165) is 22.9 Å². The number of benzene rings is 1. The van der Waals surface area contributed by atoms with Gasteiger partial charge < -0.3 is 0 Å². The molecule has 8 heteroatoms. The van der Waals surface area contributed by atoms with Gasteiger partial charge in [0.25, 0.3) is 10.0 Å². The van der Waals surface area contributed by atoms with Crippen molar-refractivity contribution in [2.45, 2.75) is 24.9 Å². The molecule has 1 aromatic heterocycles. The SMILES string of the molecule is CC(C)NS(=O)(=O)c1ccnn1-c1cc(F)ccc1F. The summed E-state index contributed by atoms with van der Waals surface area (Å²) in [6.07, 6.45) is 1.21. The molecule has 0 fully saturated rings. The van der Waals surface area contributed by atoms with Crippen molar-refractivity contribution in [3.05, 3.63) is 42.1 Å². The van der Waals surface area contributed by atoms with Gasteiger partial charge in [-0.1, -0.05) is 0 Å². The fourth-order valence-electron chi connectivity index (χ4n) is 1.69. The highest BCUT2D eigenvalue weighted by atomic mass is 32.2. The maximum absolute atomic E-state index is 13.7. The van der Waals surface area contributed by atoms with E-state index >= 15 is 0 Å². The van der Waals surface area contributed by atoms with Crippen molar-refractivity contribution in [2.24, 2.45) is 0 Å². The number of halogens is 2. The lowest BCUT2D eigenvalue weighted by atomic mass is 10.3. The Labute approximate surface area is 115 Å². The van der Waals surface area contributed by atoms with E-state index < -0.39 is 21.7 Å². The van der Waals surface area contributed by atoms with Crippen LogP contribution in [0, 0.1) is 11.6 Å². The fraction of sp³-hybridized carbons (Fsp3) is 0.250. The predicted octanol–water partition coefficient (Wildman–Crippen LogP) is 1.84. The van der Waals surface area contributed by atoms with Crippen molar-refractivity contribution in [3.8, 4) is 5.69 Å². The van der Waals surface area contributed by atoms with Crippen molar-refractivity contribution in [3.63, 3.8) is 0 Å². The molecular weight excluding hydrogens is 288 g/mol. The van der Waals surface area contributed by atoms with E-state index in [1.165, 1.54) is 12.3 Å². The summed E-state index contributed by atoms with van der Waals surface area (Å²) in [5.41, 5.74) is -0.265. The Morgan fingerprint density at radius 1 is 1.25 bits per heavy atom. The third-order valence-electron chi connectivity index (χ3n) is 2.41. The average Bonchev–Trinajstić information content (AvgIpc) is 2.80. The highest BCUT2D eigenvalue weighted by molar-refractivity contribution is 7.89. The van der Waals surface area contributed by atoms with Gasteiger partial charge in [-0.2, -0.15) is 5.10 Å². The average molecular weight is 301 g/mol. The third kappa shape index (κ3) is 2.86.